The summed E-state index contributed by atoms with van der Waals surface area (Å²) in [7, 11) is 1.72. The Hall–Kier alpha value is -2.57. The van der Waals surface area contributed by atoms with Crippen LogP contribution in [0.4, 0.5) is 4.79 Å². The third kappa shape index (κ3) is 4.59. The van der Waals surface area contributed by atoms with Crippen LogP contribution in [0.25, 0.3) is 0 Å². The van der Waals surface area contributed by atoms with Crippen molar-refractivity contribution in [2.45, 2.75) is 32.2 Å². The summed E-state index contributed by atoms with van der Waals surface area (Å²) in [6.45, 7) is 2.05. The number of nitrogens with one attached hydrogen (secondary N) is 1. The first-order valence-corrected chi connectivity index (χ1v) is 9.45. The molecule has 1 aliphatic heterocycles. The van der Waals surface area contributed by atoms with Gasteiger partial charge in [0.1, 0.15) is 0 Å². The van der Waals surface area contributed by atoms with E-state index in [2.05, 4.69) is 5.32 Å². The van der Waals surface area contributed by atoms with Gasteiger partial charge in [-0.1, -0.05) is 30.3 Å². The van der Waals surface area contributed by atoms with E-state index in [1.165, 1.54) is 0 Å². The number of amides is 3. The SMILES string of the molecule is CN(Cc1ccccc1)C(=O)NCCC(=O)N1CCC2(CC1)CC2C(=O)O. The van der Waals surface area contributed by atoms with Crippen molar-refractivity contribution in [3.8, 4) is 0 Å². The van der Waals surface area contributed by atoms with Crippen molar-refractivity contribution in [3.63, 3.8) is 0 Å². The molecule has 2 N–H and O–H groups in total. The zero-order valence-corrected chi connectivity index (χ0v) is 15.7. The molecule has 1 aromatic carbocycles. The van der Waals surface area contributed by atoms with Crippen molar-refractivity contribution in [1.29, 1.82) is 0 Å². The highest BCUT2D eigenvalue weighted by molar-refractivity contribution is 5.79. The molecular formula is C20H27N3O4. The molecule has 0 aromatic heterocycles. The van der Waals surface area contributed by atoms with Gasteiger partial charge in [-0.3, -0.25) is 9.59 Å². The van der Waals surface area contributed by atoms with Gasteiger partial charge in [0, 0.05) is 39.6 Å². The minimum atomic E-state index is -0.711. The van der Waals surface area contributed by atoms with E-state index in [9.17, 15) is 14.4 Å². The Morgan fingerprint density at radius 3 is 2.48 bits per heavy atom. The summed E-state index contributed by atoms with van der Waals surface area (Å²) in [6.07, 6.45) is 2.54. The number of nitrogens with zero attached hydrogens (tertiary/aromatic N) is 2. The Labute approximate surface area is 159 Å². The Morgan fingerprint density at radius 2 is 1.89 bits per heavy atom. The maximum Gasteiger partial charge on any atom is 0.317 e. The minimum absolute atomic E-state index is 0.0170. The molecule has 2 fully saturated rings. The van der Waals surface area contributed by atoms with E-state index in [-0.39, 0.29) is 29.7 Å². The molecule has 1 aliphatic carbocycles. The number of likely N-dealkylation sites (tertiary alicyclic amines) is 1. The first kappa shape index (κ1) is 19.2. The molecule has 0 bridgehead atoms. The third-order valence-corrected chi connectivity index (χ3v) is 5.82. The van der Waals surface area contributed by atoms with Crippen LogP contribution < -0.4 is 5.32 Å². The summed E-state index contributed by atoms with van der Waals surface area (Å²) in [5.41, 5.74) is 0.977. The summed E-state index contributed by atoms with van der Waals surface area (Å²) < 4.78 is 0. The predicted octanol–water partition coefficient (Wildman–Crippen LogP) is 1.93. The zero-order valence-electron chi connectivity index (χ0n) is 15.7. The molecule has 1 spiro atoms. The molecule has 1 unspecified atom stereocenters. The molecule has 2 aliphatic rings. The van der Waals surface area contributed by atoms with Crippen molar-refractivity contribution < 1.29 is 19.5 Å². The zero-order chi connectivity index (χ0) is 19.4. The Kier molecular flexibility index (Phi) is 5.68. The number of benzene rings is 1. The van der Waals surface area contributed by atoms with Gasteiger partial charge in [-0.2, -0.15) is 0 Å². The second-order valence-corrected chi connectivity index (χ2v) is 7.66. The maximum absolute atomic E-state index is 12.3. The first-order valence-electron chi connectivity index (χ1n) is 9.45. The Morgan fingerprint density at radius 1 is 1.22 bits per heavy atom. The van der Waals surface area contributed by atoms with Gasteiger partial charge < -0.3 is 20.2 Å². The van der Waals surface area contributed by atoms with E-state index in [0.29, 0.717) is 26.2 Å². The van der Waals surface area contributed by atoms with Gasteiger partial charge in [0.25, 0.3) is 0 Å². The van der Waals surface area contributed by atoms with Crippen molar-refractivity contribution in [2.75, 3.05) is 26.7 Å². The number of carbonyl (C=O) groups is 3. The fourth-order valence-electron chi connectivity index (χ4n) is 3.95. The van der Waals surface area contributed by atoms with Crippen LogP contribution in [0, 0.1) is 11.3 Å². The molecule has 7 nitrogen and oxygen atoms in total. The summed E-state index contributed by atoms with van der Waals surface area (Å²) >= 11 is 0. The first-order chi connectivity index (χ1) is 12.9. The average Bonchev–Trinajstić information content (AvgIpc) is 3.36. The molecule has 3 amide bonds. The normalized spacial score (nSPS) is 20.2. The van der Waals surface area contributed by atoms with Crippen LogP contribution in [0.3, 0.4) is 0 Å². The number of rotatable bonds is 6. The monoisotopic (exact) mass is 373 g/mol. The van der Waals surface area contributed by atoms with Crippen molar-refractivity contribution in [1.82, 2.24) is 15.1 Å². The summed E-state index contributed by atoms with van der Waals surface area (Å²) in [6, 6.07) is 9.52. The van der Waals surface area contributed by atoms with Gasteiger partial charge >= 0.3 is 12.0 Å². The molecule has 1 saturated carbocycles. The minimum Gasteiger partial charge on any atom is -0.481 e. The fraction of sp³-hybridized carbons (Fsp3) is 0.550. The summed E-state index contributed by atoms with van der Waals surface area (Å²) in [5, 5.41) is 11.9. The van der Waals surface area contributed by atoms with Crippen LogP contribution in [-0.4, -0.2) is 59.5 Å². The van der Waals surface area contributed by atoms with Gasteiger partial charge in [-0.15, -0.1) is 0 Å². The predicted molar refractivity (Wildman–Crippen MR) is 99.9 cm³/mol. The highest BCUT2D eigenvalue weighted by atomic mass is 16.4. The molecule has 1 heterocycles. The Bertz CT molecular complexity index is 698. The van der Waals surface area contributed by atoms with Crippen LogP contribution in [0.15, 0.2) is 30.3 Å². The molecule has 7 heteroatoms. The lowest BCUT2D eigenvalue weighted by Gasteiger charge is -2.32. The fourth-order valence-corrected chi connectivity index (χ4v) is 3.95. The molecule has 1 aromatic rings. The number of carboxylic acid groups (broad SMARTS) is 1. The number of urea groups is 1. The van der Waals surface area contributed by atoms with Gasteiger partial charge in [0.05, 0.1) is 5.92 Å². The van der Waals surface area contributed by atoms with Crippen molar-refractivity contribution in [3.05, 3.63) is 35.9 Å². The van der Waals surface area contributed by atoms with Gasteiger partial charge in [-0.25, -0.2) is 4.79 Å². The van der Waals surface area contributed by atoms with Crippen molar-refractivity contribution >= 4 is 17.9 Å². The van der Waals surface area contributed by atoms with Crippen LogP contribution in [0.5, 0.6) is 0 Å². The number of hydrogen-bond donors (Lipinski definition) is 2. The smallest absolute Gasteiger partial charge is 0.317 e. The second-order valence-electron chi connectivity index (χ2n) is 7.66. The summed E-state index contributed by atoms with van der Waals surface area (Å²) in [4.78, 5) is 38.9. The van der Waals surface area contributed by atoms with Gasteiger partial charge in [0.2, 0.25) is 5.91 Å². The van der Waals surface area contributed by atoms with E-state index in [0.717, 1.165) is 24.8 Å². The number of carboxylic acids is 1. The molecular weight excluding hydrogens is 346 g/mol. The molecule has 0 radical (unpaired) electrons. The second kappa shape index (κ2) is 7.98. The maximum atomic E-state index is 12.3. The molecule has 146 valence electrons. The van der Waals surface area contributed by atoms with Crippen molar-refractivity contribution in [2.24, 2.45) is 11.3 Å². The molecule has 3 rings (SSSR count). The lowest BCUT2D eigenvalue weighted by atomic mass is 9.90. The number of piperidine rings is 1. The highest BCUT2D eigenvalue weighted by Crippen LogP contribution is 2.59. The summed E-state index contributed by atoms with van der Waals surface area (Å²) in [5.74, 6) is -0.922. The average molecular weight is 373 g/mol. The van der Waals surface area contributed by atoms with Crippen LogP contribution in [0.1, 0.15) is 31.2 Å². The van der Waals surface area contributed by atoms with Crippen LogP contribution >= 0.6 is 0 Å². The lowest BCUT2D eigenvalue weighted by Crippen LogP contribution is -2.42. The quantitative estimate of drug-likeness (QED) is 0.797. The van der Waals surface area contributed by atoms with E-state index in [1.54, 1.807) is 16.8 Å². The molecule has 1 saturated heterocycles. The lowest BCUT2D eigenvalue weighted by molar-refractivity contribution is -0.139. The molecule has 27 heavy (non-hydrogen) atoms. The largest absolute Gasteiger partial charge is 0.481 e. The standard InChI is InChI=1S/C20H27N3O4/c1-22(14-15-5-3-2-4-6-15)19(27)21-10-7-17(24)23-11-8-20(9-12-23)13-16(20)18(25)26/h2-6,16H,7-14H2,1H3,(H,21,27)(H,25,26). The van der Waals surface area contributed by atoms with E-state index in [4.69, 9.17) is 5.11 Å². The van der Waals surface area contributed by atoms with Gasteiger partial charge in [0.15, 0.2) is 0 Å². The molecule has 1 atom stereocenters. The highest BCUT2D eigenvalue weighted by Gasteiger charge is 2.59. The van der Waals surface area contributed by atoms with Crippen LogP contribution in [0.2, 0.25) is 0 Å². The number of carbonyl (C=O) groups excluding carboxylic acids is 2. The number of hydrogen-bond acceptors (Lipinski definition) is 3. The number of aliphatic carboxylic acids is 1. The van der Waals surface area contributed by atoms with Crippen LogP contribution in [-0.2, 0) is 16.1 Å². The van der Waals surface area contributed by atoms with E-state index >= 15 is 0 Å². The third-order valence-electron chi connectivity index (χ3n) is 5.82. The van der Waals surface area contributed by atoms with E-state index < -0.39 is 5.97 Å². The van der Waals surface area contributed by atoms with Gasteiger partial charge in [-0.05, 0) is 30.2 Å². The topological polar surface area (TPSA) is 90.0 Å². The van der Waals surface area contributed by atoms with E-state index in [1.807, 2.05) is 30.3 Å². The Balaban J connectivity index is 1.35.